The second-order valence-corrected chi connectivity index (χ2v) is 10.7. The van der Waals surface area contributed by atoms with Gasteiger partial charge in [0.05, 0.1) is 11.4 Å². The number of ketones is 1. The normalized spacial score (nSPS) is 10.6. The summed E-state index contributed by atoms with van der Waals surface area (Å²) in [7, 11) is 0. The molecule has 194 valence electrons. The van der Waals surface area contributed by atoms with Gasteiger partial charge in [0, 0.05) is 33.3 Å². The molecule has 4 rings (SSSR count). The number of carbonyl (C=O) groups is 1. The summed E-state index contributed by atoms with van der Waals surface area (Å²) in [4.78, 5) is 26.7. The molecule has 0 saturated heterocycles. The summed E-state index contributed by atoms with van der Waals surface area (Å²) in [6.07, 6.45) is 3.28. The van der Waals surface area contributed by atoms with E-state index < -0.39 is 0 Å². The summed E-state index contributed by atoms with van der Waals surface area (Å²) in [5.74, 6) is 0.167. The zero-order valence-electron chi connectivity index (χ0n) is 23.1. The van der Waals surface area contributed by atoms with Gasteiger partial charge in [-0.2, -0.15) is 0 Å². The molecule has 0 aliphatic rings. The molecule has 4 aromatic rings. The summed E-state index contributed by atoms with van der Waals surface area (Å²) in [5.41, 5.74) is 6.51. The van der Waals surface area contributed by atoms with Crippen molar-refractivity contribution in [3.63, 3.8) is 0 Å². The fraction of sp³-hybridized carbons (Fsp3) is 0.323. The number of rotatable bonds is 2. The third-order valence-electron chi connectivity index (χ3n) is 5.01. The van der Waals surface area contributed by atoms with Crippen LogP contribution in [0.1, 0.15) is 66.8 Å². The van der Waals surface area contributed by atoms with E-state index >= 15 is 0 Å². The van der Waals surface area contributed by atoms with E-state index in [0.717, 1.165) is 33.9 Å². The first-order valence-electron chi connectivity index (χ1n) is 12.1. The fourth-order valence-electron chi connectivity index (χ4n) is 3.07. The molecule has 0 saturated carbocycles. The second kappa shape index (κ2) is 14.6. The van der Waals surface area contributed by atoms with Gasteiger partial charge in [0.25, 0.3) is 0 Å². The third kappa shape index (κ3) is 11.2. The Morgan fingerprint density at radius 2 is 0.865 bits per heavy atom. The van der Waals surface area contributed by atoms with E-state index in [0.29, 0.717) is 0 Å². The summed E-state index contributed by atoms with van der Waals surface area (Å²) in [6.45, 7) is 16.0. The van der Waals surface area contributed by atoms with E-state index in [4.69, 9.17) is 0 Å². The Balaban J connectivity index is 0.000000316. The van der Waals surface area contributed by atoms with Crippen LogP contribution in [0.3, 0.4) is 0 Å². The minimum Gasteiger partial charge on any atom is -0.300 e. The van der Waals surface area contributed by atoms with Crippen LogP contribution < -0.4 is 0 Å². The molecule has 5 nitrogen and oxygen atoms in total. The van der Waals surface area contributed by atoms with Gasteiger partial charge in [0.15, 0.2) is 0 Å². The Morgan fingerprint density at radius 3 is 1.14 bits per heavy atom. The molecule has 0 aliphatic carbocycles. The van der Waals surface area contributed by atoms with Gasteiger partial charge in [0.2, 0.25) is 0 Å². The molecule has 0 N–H and O–H groups in total. The van der Waals surface area contributed by atoms with Crippen molar-refractivity contribution < 1.29 is 24.9 Å². The average molecular weight is 675 g/mol. The van der Waals surface area contributed by atoms with Crippen molar-refractivity contribution in [2.24, 2.45) is 0 Å². The number of benzene rings is 2. The monoisotopic (exact) mass is 675 g/mol. The molecule has 0 bridgehead atoms. The predicted octanol–water partition coefficient (Wildman–Crippen LogP) is 7.48. The maximum Gasteiger partial charge on any atom is 3.00 e. The Morgan fingerprint density at radius 1 is 0.568 bits per heavy atom. The molecule has 2 heterocycles. The molecule has 0 atom stereocenters. The average Bonchev–Trinajstić information content (AvgIpc) is 2.84. The zero-order valence-corrected chi connectivity index (χ0v) is 25.5. The third-order valence-corrected chi connectivity index (χ3v) is 5.01. The van der Waals surface area contributed by atoms with Gasteiger partial charge in [-0.15, -0.1) is 0 Å². The summed E-state index contributed by atoms with van der Waals surface area (Å²) < 4.78 is 0. The minimum atomic E-state index is 0. The molecule has 0 fully saturated rings. The van der Waals surface area contributed by atoms with Crippen LogP contribution >= 0.6 is 0 Å². The van der Waals surface area contributed by atoms with E-state index in [2.05, 4.69) is 97.9 Å². The number of aromatic nitrogens is 4. The molecule has 0 spiro atoms. The van der Waals surface area contributed by atoms with Gasteiger partial charge in [-0.3, -0.25) is 0 Å². The molecule has 37 heavy (non-hydrogen) atoms. The van der Waals surface area contributed by atoms with Crippen LogP contribution in [0.15, 0.2) is 85.5 Å². The molecule has 2 aromatic carbocycles. The van der Waals surface area contributed by atoms with Crippen LogP contribution in [0.4, 0.5) is 0 Å². The molecule has 0 unspecified atom stereocenters. The molecular weight excluding hydrogens is 637 g/mol. The standard InChI is InChI=1S/2C14H16N2.C3H6O.Ir/c2*1-14(2,3)13-9-12(15-10-16-13)11-7-5-4-6-8-11;1-3(2)4;/h2*4-10H,1-3H3;1-2H3;/q;;;+3. The van der Waals surface area contributed by atoms with Crippen LogP contribution in [-0.2, 0) is 35.7 Å². The van der Waals surface area contributed by atoms with Crippen molar-refractivity contribution in [1.82, 2.24) is 19.9 Å². The Kier molecular flexibility index (Phi) is 12.6. The summed E-state index contributed by atoms with van der Waals surface area (Å²) in [6, 6.07) is 24.5. The van der Waals surface area contributed by atoms with Crippen LogP contribution in [0, 0.1) is 0 Å². The first kappa shape index (κ1) is 31.9. The first-order valence-corrected chi connectivity index (χ1v) is 12.1. The first-order chi connectivity index (χ1) is 16.9. The van der Waals surface area contributed by atoms with Crippen LogP contribution in [0.25, 0.3) is 22.5 Å². The van der Waals surface area contributed by atoms with Crippen molar-refractivity contribution >= 4 is 5.78 Å². The number of hydrogen-bond acceptors (Lipinski definition) is 5. The smallest absolute Gasteiger partial charge is 0.300 e. The Hall–Kier alpha value is -3.08. The van der Waals surface area contributed by atoms with Gasteiger partial charge >= 0.3 is 20.1 Å². The van der Waals surface area contributed by atoms with Gasteiger partial charge in [-0.1, -0.05) is 102 Å². The number of Topliss-reactive ketones (excluding diaryl/α,β-unsaturated/α-hetero) is 1. The molecule has 6 heteroatoms. The van der Waals surface area contributed by atoms with Crippen molar-refractivity contribution in [1.29, 1.82) is 0 Å². The largest absolute Gasteiger partial charge is 3.00 e. The molecule has 0 aliphatic heterocycles. The van der Waals surface area contributed by atoms with Crippen molar-refractivity contribution in [3.8, 4) is 22.5 Å². The van der Waals surface area contributed by atoms with Gasteiger partial charge in [-0.05, 0) is 26.0 Å². The van der Waals surface area contributed by atoms with Crippen LogP contribution in [0.5, 0.6) is 0 Å². The number of hydrogen-bond donors (Lipinski definition) is 0. The Labute approximate surface area is 235 Å². The van der Waals surface area contributed by atoms with Gasteiger partial charge in [-0.25, -0.2) is 19.9 Å². The summed E-state index contributed by atoms with van der Waals surface area (Å²) >= 11 is 0. The van der Waals surface area contributed by atoms with E-state index in [-0.39, 0.29) is 36.7 Å². The SMILES string of the molecule is CC(C)(C)c1cc(-c2ccccc2)ncn1.CC(C)(C)c1cc(-c2ccccc2)ncn1.CC(C)=O.[Ir+3]. The van der Waals surface area contributed by atoms with E-state index in [9.17, 15) is 4.79 Å². The summed E-state index contributed by atoms with van der Waals surface area (Å²) in [5, 5.41) is 0. The number of carbonyl (C=O) groups excluding carboxylic acids is 1. The quantitative estimate of drug-likeness (QED) is 0.221. The molecule has 0 radical (unpaired) electrons. The fourth-order valence-corrected chi connectivity index (χ4v) is 3.07. The van der Waals surface area contributed by atoms with Crippen molar-refractivity contribution in [2.45, 2.75) is 66.2 Å². The topological polar surface area (TPSA) is 68.6 Å². The van der Waals surface area contributed by atoms with Crippen molar-refractivity contribution in [2.75, 3.05) is 0 Å². The van der Waals surface area contributed by atoms with Gasteiger partial charge < -0.3 is 4.79 Å². The maximum absolute atomic E-state index is 9.44. The van der Waals surface area contributed by atoms with Crippen molar-refractivity contribution in [3.05, 3.63) is 96.8 Å². The van der Waals surface area contributed by atoms with Crippen LogP contribution in [-0.4, -0.2) is 25.7 Å². The van der Waals surface area contributed by atoms with E-state index in [1.165, 1.54) is 13.8 Å². The predicted molar refractivity (Wildman–Crippen MR) is 149 cm³/mol. The van der Waals surface area contributed by atoms with E-state index in [1.54, 1.807) is 12.7 Å². The molecular formula is C31H38IrN4O+3. The maximum atomic E-state index is 9.44. The minimum absolute atomic E-state index is 0. The number of nitrogens with zero attached hydrogens (tertiary/aromatic N) is 4. The Bertz CT molecular complexity index is 1130. The molecule has 2 aromatic heterocycles. The van der Waals surface area contributed by atoms with Gasteiger partial charge in [0.1, 0.15) is 18.4 Å². The second-order valence-electron chi connectivity index (χ2n) is 10.7. The zero-order chi connectivity index (χ0) is 26.8. The molecule has 0 amide bonds. The van der Waals surface area contributed by atoms with Crippen LogP contribution in [0.2, 0.25) is 0 Å². The van der Waals surface area contributed by atoms with E-state index in [1.807, 2.05) is 36.4 Å².